The van der Waals surface area contributed by atoms with Gasteiger partial charge in [0.2, 0.25) is 0 Å². The highest BCUT2D eigenvalue weighted by molar-refractivity contribution is 5.80. The molecule has 2 rings (SSSR count). The van der Waals surface area contributed by atoms with Crippen molar-refractivity contribution in [2.45, 2.75) is 50.6 Å². The molecule has 0 aliphatic heterocycles. The average Bonchev–Trinajstić information content (AvgIpc) is 3.17. The van der Waals surface area contributed by atoms with Crippen LogP contribution in [-0.2, 0) is 9.59 Å². The maximum Gasteiger partial charge on any atom is 0.333 e. The quantitative estimate of drug-likeness (QED) is 0.707. The monoisotopic (exact) mass is 254 g/mol. The third-order valence-electron chi connectivity index (χ3n) is 4.08. The summed E-state index contributed by atoms with van der Waals surface area (Å²) in [6, 6.07) is 0. The van der Waals surface area contributed by atoms with Gasteiger partial charge in [-0.05, 0) is 51.4 Å². The summed E-state index contributed by atoms with van der Waals surface area (Å²) in [6.07, 6.45) is 3.26. The molecule has 18 heavy (non-hydrogen) atoms. The highest BCUT2D eigenvalue weighted by atomic mass is 16.4. The molecule has 2 fully saturated rings. The van der Waals surface area contributed by atoms with Crippen molar-refractivity contribution in [1.82, 2.24) is 0 Å². The zero-order valence-electron chi connectivity index (χ0n) is 10.6. The average molecular weight is 254 g/mol. The van der Waals surface area contributed by atoms with Gasteiger partial charge in [0.05, 0.1) is 0 Å². The van der Waals surface area contributed by atoms with Gasteiger partial charge in [0.25, 0.3) is 0 Å². The van der Waals surface area contributed by atoms with Crippen molar-refractivity contribution in [2.24, 2.45) is 22.1 Å². The first-order chi connectivity index (χ1) is 8.30. The van der Waals surface area contributed by atoms with E-state index in [9.17, 15) is 19.8 Å². The second-order valence-corrected chi connectivity index (χ2v) is 5.65. The van der Waals surface area contributed by atoms with Crippen LogP contribution < -0.4 is 0 Å². The lowest BCUT2D eigenvalue weighted by Gasteiger charge is -2.22. The van der Waals surface area contributed by atoms with Gasteiger partial charge in [0.15, 0.2) is 11.1 Å². The predicted molar refractivity (Wildman–Crippen MR) is 62.4 cm³/mol. The Labute approximate surface area is 105 Å². The molecule has 0 aromatic carbocycles. The first kappa shape index (κ1) is 13.0. The fraction of sp³-hybridized carbons (Fsp3) is 0.833. The Hall–Kier alpha value is -1.46. The Bertz CT molecular complexity index is 376. The summed E-state index contributed by atoms with van der Waals surface area (Å²) in [7, 11) is 0. The number of carboxylic acid groups (broad SMARTS) is 2. The fourth-order valence-corrected chi connectivity index (χ4v) is 2.10. The molecule has 2 saturated carbocycles. The van der Waals surface area contributed by atoms with Crippen LogP contribution in [0.5, 0.6) is 0 Å². The molecule has 0 saturated heterocycles. The normalized spacial score (nSPS) is 26.6. The Kier molecular flexibility index (Phi) is 2.91. The molecule has 0 aromatic heterocycles. The summed E-state index contributed by atoms with van der Waals surface area (Å²) in [5.74, 6) is -2.10. The third kappa shape index (κ3) is 2.11. The molecule has 2 unspecified atom stereocenters. The molecule has 100 valence electrons. The van der Waals surface area contributed by atoms with E-state index in [2.05, 4.69) is 10.2 Å². The van der Waals surface area contributed by atoms with Gasteiger partial charge in [-0.15, -0.1) is 0 Å². The van der Waals surface area contributed by atoms with Crippen LogP contribution in [0.2, 0.25) is 0 Å². The van der Waals surface area contributed by atoms with Crippen molar-refractivity contribution in [2.75, 3.05) is 0 Å². The van der Waals surface area contributed by atoms with E-state index in [1.165, 1.54) is 13.8 Å². The van der Waals surface area contributed by atoms with Gasteiger partial charge in [0.1, 0.15) is 0 Å². The van der Waals surface area contributed by atoms with E-state index in [-0.39, 0.29) is 11.8 Å². The summed E-state index contributed by atoms with van der Waals surface area (Å²) in [5.41, 5.74) is -2.54. The molecule has 0 bridgehead atoms. The second kappa shape index (κ2) is 4.03. The summed E-state index contributed by atoms with van der Waals surface area (Å²) in [5, 5.41) is 26.3. The van der Waals surface area contributed by atoms with Gasteiger partial charge in [0, 0.05) is 0 Å². The van der Waals surface area contributed by atoms with Crippen molar-refractivity contribution in [3.8, 4) is 0 Å². The summed E-state index contributed by atoms with van der Waals surface area (Å²) in [6.45, 7) is 3.04. The van der Waals surface area contributed by atoms with E-state index in [1.807, 2.05) is 0 Å². The molecule has 2 atom stereocenters. The minimum atomic E-state index is -1.27. The summed E-state index contributed by atoms with van der Waals surface area (Å²) in [4.78, 5) is 22.5. The molecule has 2 aliphatic carbocycles. The Balaban J connectivity index is 2.21. The second-order valence-electron chi connectivity index (χ2n) is 5.65. The van der Waals surface area contributed by atoms with Crippen LogP contribution in [-0.4, -0.2) is 33.2 Å². The van der Waals surface area contributed by atoms with Gasteiger partial charge in [-0.3, -0.25) is 0 Å². The van der Waals surface area contributed by atoms with Crippen LogP contribution in [0.1, 0.15) is 39.5 Å². The zero-order valence-corrected chi connectivity index (χ0v) is 10.6. The molecule has 0 radical (unpaired) electrons. The lowest BCUT2D eigenvalue weighted by atomic mass is 9.96. The summed E-state index contributed by atoms with van der Waals surface area (Å²) < 4.78 is 0. The molecule has 0 heterocycles. The number of carboxylic acids is 2. The Morgan fingerprint density at radius 2 is 1.17 bits per heavy atom. The van der Waals surface area contributed by atoms with Crippen molar-refractivity contribution in [3.05, 3.63) is 0 Å². The predicted octanol–water partition coefficient (Wildman–Crippen LogP) is 1.95. The third-order valence-corrected chi connectivity index (χ3v) is 4.08. The van der Waals surface area contributed by atoms with Gasteiger partial charge < -0.3 is 10.2 Å². The van der Waals surface area contributed by atoms with Crippen molar-refractivity contribution < 1.29 is 19.8 Å². The van der Waals surface area contributed by atoms with Crippen molar-refractivity contribution in [1.29, 1.82) is 0 Å². The van der Waals surface area contributed by atoms with Crippen LogP contribution in [0.15, 0.2) is 10.2 Å². The molecule has 0 aromatic rings. The molecule has 2 N–H and O–H groups in total. The first-order valence-electron chi connectivity index (χ1n) is 6.21. The lowest BCUT2D eigenvalue weighted by molar-refractivity contribution is -0.146. The number of hydrogen-bond donors (Lipinski definition) is 2. The van der Waals surface area contributed by atoms with E-state index in [4.69, 9.17) is 0 Å². The smallest absolute Gasteiger partial charge is 0.333 e. The van der Waals surface area contributed by atoms with Crippen LogP contribution in [0.4, 0.5) is 0 Å². The van der Waals surface area contributed by atoms with E-state index >= 15 is 0 Å². The maximum absolute atomic E-state index is 11.3. The Morgan fingerprint density at radius 1 is 0.889 bits per heavy atom. The Morgan fingerprint density at radius 3 is 1.33 bits per heavy atom. The van der Waals surface area contributed by atoms with Crippen molar-refractivity contribution in [3.63, 3.8) is 0 Å². The van der Waals surface area contributed by atoms with Crippen molar-refractivity contribution >= 4 is 11.9 Å². The minimum absolute atomic E-state index is 0.0176. The standard InChI is InChI=1S/C12H18N2O4/c1-11(9(15)16,7-3-4-7)13-14-12(2,10(17)18)8-5-6-8/h7-8H,3-6H2,1-2H3,(H,15,16)(H,17,18). The van der Waals surface area contributed by atoms with E-state index in [0.29, 0.717) is 0 Å². The number of hydrogen-bond acceptors (Lipinski definition) is 4. The topological polar surface area (TPSA) is 99.3 Å². The first-order valence-corrected chi connectivity index (χ1v) is 6.21. The molecule has 6 nitrogen and oxygen atoms in total. The number of nitrogens with zero attached hydrogens (tertiary/aromatic N) is 2. The minimum Gasteiger partial charge on any atom is -0.479 e. The van der Waals surface area contributed by atoms with E-state index < -0.39 is 23.0 Å². The van der Waals surface area contributed by atoms with Crippen LogP contribution in [0, 0.1) is 11.8 Å². The van der Waals surface area contributed by atoms with E-state index in [0.717, 1.165) is 25.7 Å². The maximum atomic E-state index is 11.3. The van der Waals surface area contributed by atoms with Crippen LogP contribution >= 0.6 is 0 Å². The highest BCUT2D eigenvalue weighted by Gasteiger charge is 2.52. The van der Waals surface area contributed by atoms with Gasteiger partial charge in [-0.1, -0.05) is 0 Å². The molecule has 0 amide bonds. The highest BCUT2D eigenvalue weighted by Crippen LogP contribution is 2.45. The number of rotatable bonds is 6. The fourth-order valence-electron chi connectivity index (χ4n) is 2.10. The van der Waals surface area contributed by atoms with E-state index in [1.54, 1.807) is 0 Å². The molecule has 0 spiro atoms. The van der Waals surface area contributed by atoms with Crippen LogP contribution in [0.25, 0.3) is 0 Å². The van der Waals surface area contributed by atoms with Gasteiger partial charge in [-0.25, -0.2) is 9.59 Å². The van der Waals surface area contributed by atoms with Gasteiger partial charge >= 0.3 is 11.9 Å². The SMILES string of the molecule is CC(N=NC(C)(C(=O)O)C1CC1)(C(=O)O)C1CC1. The molecule has 6 heteroatoms. The number of aliphatic carboxylic acids is 2. The zero-order chi connectivity index (χ0) is 13.6. The molecule has 2 aliphatic rings. The van der Waals surface area contributed by atoms with Gasteiger partial charge in [-0.2, -0.15) is 10.2 Å². The number of carbonyl (C=O) groups is 2. The molecular weight excluding hydrogens is 236 g/mol. The summed E-state index contributed by atoms with van der Waals surface area (Å²) >= 11 is 0. The molecular formula is C12H18N2O4. The lowest BCUT2D eigenvalue weighted by Crippen LogP contribution is -2.39. The number of azo groups is 1. The largest absolute Gasteiger partial charge is 0.479 e. The van der Waals surface area contributed by atoms with Crippen LogP contribution in [0.3, 0.4) is 0 Å².